The number of rotatable bonds is 6. The molecule has 0 bridgehead atoms. The van der Waals surface area contributed by atoms with Gasteiger partial charge in [0.25, 0.3) is 0 Å². The second kappa shape index (κ2) is 7.88. The third kappa shape index (κ3) is 4.10. The Morgan fingerprint density at radius 2 is 1.70 bits per heavy atom. The number of thioether (sulfide) groups is 1. The van der Waals surface area contributed by atoms with Crippen LogP contribution in [-0.4, -0.2) is 65.5 Å². The Morgan fingerprint density at radius 1 is 1.00 bits per heavy atom. The highest BCUT2D eigenvalue weighted by atomic mass is 32.2. The fourth-order valence-electron chi connectivity index (χ4n) is 3.73. The lowest BCUT2D eigenvalue weighted by molar-refractivity contribution is 0.456. The van der Waals surface area contributed by atoms with Crippen LogP contribution in [0, 0.1) is 0 Å². The van der Waals surface area contributed by atoms with Gasteiger partial charge in [0, 0.05) is 51.5 Å². The fourth-order valence-corrected chi connectivity index (χ4v) is 4.08. The molecule has 8 heteroatoms. The Morgan fingerprint density at radius 3 is 2.37 bits per heavy atom. The zero-order valence-electron chi connectivity index (χ0n) is 16.2. The molecule has 2 aromatic heterocycles. The highest BCUT2D eigenvalue weighted by Gasteiger charge is 2.36. The summed E-state index contributed by atoms with van der Waals surface area (Å²) in [5.41, 5.74) is 0. The van der Waals surface area contributed by atoms with Crippen molar-refractivity contribution in [2.45, 2.75) is 42.9 Å². The third-order valence-corrected chi connectivity index (χ3v) is 5.85. The summed E-state index contributed by atoms with van der Waals surface area (Å²) >= 11 is 1.59. The average molecular weight is 386 g/mol. The molecule has 1 aliphatic carbocycles. The van der Waals surface area contributed by atoms with Gasteiger partial charge in [0.2, 0.25) is 0 Å². The van der Waals surface area contributed by atoms with E-state index < -0.39 is 0 Å². The monoisotopic (exact) mass is 385 g/mol. The van der Waals surface area contributed by atoms with Crippen LogP contribution in [0.3, 0.4) is 0 Å². The van der Waals surface area contributed by atoms with E-state index in [1.807, 2.05) is 37.5 Å². The topological polar surface area (TPSA) is 61.3 Å². The quantitative estimate of drug-likeness (QED) is 0.556. The Bertz CT molecular complexity index is 772. The molecule has 1 aliphatic heterocycles. The largest absolute Gasteiger partial charge is 0.363 e. The first-order valence-electron chi connectivity index (χ1n) is 9.55. The average Bonchev–Trinajstić information content (AvgIpc) is 3.54. The van der Waals surface area contributed by atoms with Crippen molar-refractivity contribution in [3.63, 3.8) is 0 Å². The van der Waals surface area contributed by atoms with Crippen LogP contribution in [0.4, 0.5) is 17.5 Å². The Kier molecular flexibility index (Phi) is 5.33. The molecule has 2 aromatic rings. The first-order chi connectivity index (χ1) is 13.2. The van der Waals surface area contributed by atoms with Crippen LogP contribution in [-0.2, 0) is 0 Å². The molecule has 144 valence electrons. The summed E-state index contributed by atoms with van der Waals surface area (Å²) in [5, 5.41) is 0.839. The fraction of sp³-hybridized carbons (Fsp3) is 0.579. The number of anilines is 3. The number of hydrogen-bond acceptors (Lipinski definition) is 8. The van der Waals surface area contributed by atoms with E-state index in [0.717, 1.165) is 48.5 Å². The molecule has 2 aliphatic rings. The van der Waals surface area contributed by atoms with Crippen LogP contribution in [0.1, 0.15) is 25.7 Å². The number of piperidine rings is 1. The molecule has 1 saturated carbocycles. The van der Waals surface area contributed by atoms with E-state index in [1.54, 1.807) is 18.1 Å². The zero-order valence-corrected chi connectivity index (χ0v) is 17.1. The molecule has 7 nitrogen and oxygen atoms in total. The van der Waals surface area contributed by atoms with Crippen LogP contribution in [0.5, 0.6) is 0 Å². The van der Waals surface area contributed by atoms with Crippen LogP contribution < -0.4 is 14.7 Å². The lowest BCUT2D eigenvalue weighted by Crippen LogP contribution is -2.46. The molecule has 2 fully saturated rings. The summed E-state index contributed by atoms with van der Waals surface area (Å²) in [6.07, 6.45) is 10.4. The van der Waals surface area contributed by atoms with Gasteiger partial charge in [-0.05, 0) is 38.0 Å². The summed E-state index contributed by atoms with van der Waals surface area (Å²) in [7, 11) is 4.05. The Hall–Kier alpha value is -2.09. The van der Waals surface area contributed by atoms with E-state index in [0.29, 0.717) is 12.1 Å². The highest BCUT2D eigenvalue weighted by Crippen LogP contribution is 2.36. The standard InChI is InChI=1S/C19H27N7S/c1-24(2)17-12-18(22-13-21-17)26(14-4-5-14)15-7-10-25(11-8-15)16-6-9-20-19(23-16)27-3/h6,9,12-15H,4-5,7-8,10-11H2,1-3H3. The smallest absolute Gasteiger partial charge is 0.189 e. The Balaban J connectivity index is 1.47. The molecular formula is C19H27N7S. The molecule has 0 atom stereocenters. The van der Waals surface area contributed by atoms with Gasteiger partial charge < -0.3 is 14.7 Å². The van der Waals surface area contributed by atoms with Gasteiger partial charge in [-0.1, -0.05) is 11.8 Å². The summed E-state index contributed by atoms with van der Waals surface area (Å²) in [6, 6.07) is 5.31. The lowest BCUT2D eigenvalue weighted by atomic mass is 10.0. The molecule has 0 spiro atoms. The third-order valence-electron chi connectivity index (χ3n) is 5.28. The molecule has 27 heavy (non-hydrogen) atoms. The van der Waals surface area contributed by atoms with E-state index in [9.17, 15) is 0 Å². The van der Waals surface area contributed by atoms with E-state index >= 15 is 0 Å². The van der Waals surface area contributed by atoms with Gasteiger partial charge in [0.1, 0.15) is 23.8 Å². The molecule has 0 radical (unpaired) electrons. The molecule has 4 rings (SSSR count). The second-order valence-corrected chi connectivity index (χ2v) is 8.16. The first-order valence-corrected chi connectivity index (χ1v) is 10.8. The van der Waals surface area contributed by atoms with Crippen molar-refractivity contribution in [1.82, 2.24) is 19.9 Å². The molecule has 0 aromatic carbocycles. The highest BCUT2D eigenvalue weighted by molar-refractivity contribution is 7.98. The summed E-state index contributed by atoms with van der Waals surface area (Å²) in [6.45, 7) is 2.04. The second-order valence-electron chi connectivity index (χ2n) is 7.39. The lowest BCUT2D eigenvalue weighted by Gasteiger charge is -2.40. The molecule has 0 amide bonds. The maximum atomic E-state index is 4.66. The van der Waals surface area contributed by atoms with Crippen LogP contribution in [0.15, 0.2) is 29.8 Å². The van der Waals surface area contributed by atoms with Gasteiger partial charge in [-0.15, -0.1) is 0 Å². The van der Waals surface area contributed by atoms with Gasteiger partial charge in [0.15, 0.2) is 5.16 Å². The summed E-state index contributed by atoms with van der Waals surface area (Å²) in [4.78, 5) is 24.9. The molecule has 1 saturated heterocycles. The minimum atomic E-state index is 0.528. The minimum absolute atomic E-state index is 0.528. The van der Waals surface area contributed by atoms with Gasteiger partial charge in [-0.3, -0.25) is 0 Å². The predicted octanol–water partition coefficient (Wildman–Crippen LogP) is 2.69. The van der Waals surface area contributed by atoms with Gasteiger partial charge in [-0.25, -0.2) is 19.9 Å². The van der Waals surface area contributed by atoms with E-state index in [4.69, 9.17) is 0 Å². The van der Waals surface area contributed by atoms with Crippen molar-refractivity contribution in [3.05, 3.63) is 24.7 Å². The van der Waals surface area contributed by atoms with Crippen molar-refractivity contribution in [2.24, 2.45) is 0 Å². The Labute approximate surface area is 165 Å². The van der Waals surface area contributed by atoms with Crippen molar-refractivity contribution in [1.29, 1.82) is 0 Å². The predicted molar refractivity (Wildman–Crippen MR) is 111 cm³/mol. The van der Waals surface area contributed by atoms with Crippen LogP contribution >= 0.6 is 11.8 Å². The number of hydrogen-bond donors (Lipinski definition) is 0. The van der Waals surface area contributed by atoms with E-state index in [-0.39, 0.29) is 0 Å². The van der Waals surface area contributed by atoms with E-state index in [2.05, 4.69) is 35.8 Å². The zero-order chi connectivity index (χ0) is 18.8. The van der Waals surface area contributed by atoms with Gasteiger partial charge in [-0.2, -0.15) is 0 Å². The molecule has 0 unspecified atom stereocenters. The van der Waals surface area contributed by atoms with Crippen LogP contribution in [0.25, 0.3) is 0 Å². The minimum Gasteiger partial charge on any atom is -0.363 e. The molecule has 3 heterocycles. The molecular weight excluding hydrogens is 358 g/mol. The van der Waals surface area contributed by atoms with E-state index in [1.165, 1.54) is 12.8 Å². The van der Waals surface area contributed by atoms with Gasteiger partial charge >= 0.3 is 0 Å². The normalized spacial score (nSPS) is 17.8. The maximum Gasteiger partial charge on any atom is 0.189 e. The van der Waals surface area contributed by atoms with Crippen molar-refractivity contribution in [2.75, 3.05) is 48.1 Å². The summed E-state index contributed by atoms with van der Waals surface area (Å²) in [5.74, 6) is 3.08. The van der Waals surface area contributed by atoms with Crippen molar-refractivity contribution in [3.8, 4) is 0 Å². The number of aromatic nitrogens is 4. The maximum absolute atomic E-state index is 4.66. The van der Waals surface area contributed by atoms with Crippen molar-refractivity contribution < 1.29 is 0 Å². The van der Waals surface area contributed by atoms with Crippen molar-refractivity contribution >= 4 is 29.2 Å². The molecule has 0 N–H and O–H groups in total. The van der Waals surface area contributed by atoms with Gasteiger partial charge in [0.05, 0.1) is 0 Å². The van der Waals surface area contributed by atoms with Crippen LogP contribution in [0.2, 0.25) is 0 Å². The first kappa shape index (κ1) is 18.3. The number of nitrogens with zero attached hydrogens (tertiary/aromatic N) is 7. The summed E-state index contributed by atoms with van der Waals surface area (Å²) < 4.78 is 0. The SMILES string of the molecule is CSc1nccc(N2CCC(N(c3cc(N(C)C)ncn3)C3CC3)CC2)n1.